The first-order valence-corrected chi connectivity index (χ1v) is 10.2. The summed E-state index contributed by atoms with van der Waals surface area (Å²) in [6.07, 6.45) is 5.25. The van der Waals surface area contributed by atoms with Gasteiger partial charge in [-0.05, 0) is 30.3 Å². The number of nitrogens with one attached hydrogen (secondary N) is 1. The van der Waals surface area contributed by atoms with Crippen LogP contribution in [0.15, 0.2) is 78.5 Å². The van der Waals surface area contributed by atoms with Crippen molar-refractivity contribution in [2.45, 2.75) is 11.7 Å². The first kappa shape index (κ1) is 19.2. The lowest BCUT2D eigenvalue weighted by atomic mass is 10.3. The maximum atomic E-state index is 12.3. The van der Waals surface area contributed by atoms with Gasteiger partial charge in [0.15, 0.2) is 5.16 Å². The van der Waals surface area contributed by atoms with Crippen molar-refractivity contribution < 1.29 is 4.79 Å². The molecular weight excluding hydrogens is 408 g/mol. The lowest BCUT2D eigenvalue weighted by molar-refractivity contribution is -0.118. The van der Waals surface area contributed by atoms with Gasteiger partial charge in [-0.25, -0.2) is 4.68 Å². The summed E-state index contributed by atoms with van der Waals surface area (Å²) >= 11 is 7.36. The summed E-state index contributed by atoms with van der Waals surface area (Å²) in [5, 5.41) is 16.5. The van der Waals surface area contributed by atoms with Gasteiger partial charge in [-0.3, -0.25) is 9.36 Å². The van der Waals surface area contributed by atoms with E-state index in [1.807, 2.05) is 54.7 Å². The summed E-state index contributed by atoms with van der Waals surface area (Å²) in [7, 11) is 0. The molecule has 2 aromatic heterocycles. The van der Waals surface area contributed by atoms with Crippen LogP contribution < -0.4 is 5.32 Å². The van der Waals surface area contributed by atoms with Gasteiger partial charge in [-0.15, -0.1) is 10.2 Å². The van der Waals surface area contributed by atoms with Crippen molar-refractivity contribution in [3.05, 3.63) is 83.9 Å². The number of nitrogens with zero attached hydrogens (tertiary/aromatic N) is 5. The Kier molecular flexibility index (Phi) is 5.92. The van der Waals surface area contributed by atoms with Crippen molar-refractivity contribution in [3.63, 3.8) is 0 Å². The number of amides is 1. The molecule has 0 unspecified atom stereocenters. The zero-order valence-electron chi connectivity index (χ0n) is 15.3. The van der Waals surface area contributed by atoms with Crippen LogP contribution in [0.4, 0.5) is 0 Å². The number of hydrogen-bond donors (Lipinski definition) is 1. The zero-order chi connectivity index (χ0) is 20.1. The van der Waals surface area contributed by atoms with Crippen LogP contribution in [0.25, 0.3) is 11.4 Å². The maximum Gasteiger partial charge on any atom is 0.230 e. The molecule has 0 fully saturated rings. The van der Waals surface area contributed by atoms with Gasteiger partial charge < -0.3 is 5.32 Å². The molecule has 2 aromatic carbocycles. The SMILES string of the molecule is O=C(CSc1nncn1-c1cccc(Cl)c1)NCc1cnn(-c2ccccc2)c1. The second-order valence-corrected chi connectivity index (χ2v) is 7.54. The van der Waals surface area contributed by atoms with Crippen LogP contribution in [0.1, 0.15) is 5.56 Å². The molecule has 0 saturated carbocycles. The van der Waals surface area contributed by atoms with Gasteiger partial charge in [0.2, 0.25) is 5.91 Å². The number of hydrogen-bond acceptors (Lipinski definition) is 5. The molecule has 4 aromatic rings. The smallest absolute Gasteiger partial charge is 0.230 e. The number of halogens is 1. The summed E-state index contributed by atoms with van der Waals surface area (Å²) in [5.74, 6) is 0.134. The van der Waals surface area contributed by atoms with E-state index in [-0.39, 0.29) is 11.7 Å². The van der Waals surface area contributed by atoms with E-state index in [0.29, 0.717) is 16.7 Å². The Hall–Kier alpha value is -3.10. The Balaban J connectivity index is 1.32. The van der Waals surface area contributed by atoms with Crippen molar-refractivity contribution in [2.75, 3.05) is 5.75 Å². The third kappa shape index (κ3) is 4.85. The molecule has 4 rings (SSSR count). The molecular formula is C20H17ClN6OS. The van der Waals surface area contributed by atoms with E-state index in [9.17, 15) is 4.79 Å². The van der Waals surface area contributed by atoms with Crippen molar-refractivity contribution in [2.24, 2.45) is 0 Å². The quantitative estimate of drug-likeness (QED) is 0.459. The Morgan fingerprint density at radius 2 is 1.93 bits per heavy atom. The number of aromatic nitrogens is 5. The number of benzene rings is 2. The van der Waals surface area contributed by atoms with Gasteiger partial charge in [0, 0.05) is 23.3 Å². The highest BCUT2D eigenvalue weighted by molar-refractivity contribution is 7.99. The highest BCUT2D eigenvalue weighted by Crippen LogP contribution is 2.21. The minimum atomic E-state index is -0.0943. The fraction of sp³-hybridized carbons (Fsp3) is 0.100. The van der Waals surface area contributed by atoms with Gasteiger partial charge >= 0.3 is 0 Å². The molecule has 0 aliphatic heterocycles. The molecule has 0 atom stereocenters. The van der Waals surface area contributed by atoms with Crippen LogP contribution in [0.5, 0.6) is 0 Å². The Labute approximate surface area is 176 Å². The summed E-state index contributed by atoms with van der Waals surface area (Å²) in [6, 6.07) is 17.2. The minimum absolute atomic E-state index is 0.0943. The van der Waals surface area contributed by atoms with Gasteiger partial charge in [-0.1, -0.05) is 47.6 Å². The first-order valence-electron chi connectivity index (χ1n) is 8.83. The van der Waals surface area contributed by atoms with E-state index < -0.39 is 0 Å². The van der Waals surface area contributed by atoms with E-state index in [1.54, 1.807) is 27.8 Å². The highest BCUT2D eigenvalue weighted by atomic mass is 35.5. The van der Waals surface area contributed by atoms with Crippen LogP contribution >= 0.6 is 23.4 Å². The third-order valence-corrected chi connectivity index (χ3v) is 5.26. The molecule has 146 valence electrons. The van der Waals surface area contributed by atoms with Gasteiger partial charge in [0.1, 0.15) is 6.33 Å². The molecule has 2 heterocycles. The van der Waals surface area contributed by atoms with Crippen molar-refractivity contribution in [1.29, 1.82) is 0 Å². The van der Waals surface area contributed by atoms with Gasteiger partial charge in [0.25, 0.3) is 0 Å². The van der Waals surface area contributed by atoms with Crippen molar-refractivity contribution >= 4 is 29.3 Å². The van der Waals surface area contributed by atoms with Crippen LogP contribution in [0, 0.1) is 0 Å². The monoisotopic (exact) mass is 424 g/mol. The van der Waals surface area contributed by atoms with Crippen molar-refractivity contribution in [3.8, 4) is 11.4 Å². The number of carbonyl (C=O) groups is 1. The number of para-hydroxylation sites is 1. The van der Waals surface area contributed by atoms with E-state index in [4.69, 9.17) is 11.6 Å². The molecule has 0 aliphatic rings. The van der Waals surface area contributed by atoms with Crippen LogP contribution in [0.3, 0.4) is 0 Å². The largest absolute Gasteiger partial charge is 0.351 e. The van der Waals surface area contributed by atoms with E-state index in [1.165, 1.54) is 11.8 Å². The van der Waals surface area contributed by atoms with Gasteiger partial charge in [0.05, 0.1) is 23.3 Å². The molecule has 0 aliphatic carbocycles. The first-order chi connectivity index (χ1) is 14.2. The number of thioether (sulfide) groups is 1. The Bertz CT molecular complexity index is 1110. The summed E-state index contributed by atoms with van der Waals surface area (Å²) < 4.78 is 3.58. The Morgan fingerprint density at radius 1 is 1.10 bits per heavy atom. The Morgan fingerprint density at radius 3 is 2.76 bits per heavy atom. The van der Waals surface area contributed by atoms with Gasteiger partial charge in [-0.2, -0.15) is 5.10 Å². The van der Waals surface area contributed by atoms with Crippen molar-refractivity contribution in [1.82, 2.24) is 29.9 Å². The summed E-state index contributed by atoms with van der Waals surface area (Å²) in [4.78, 5) is 12.3. The lowest BCUT2D eigenvalue weighted by Crippen LogP contribution is -2.24. The topological polar surface area (TPSA) is 77.6 Å². The number of rotatable bonds is 7. The second kappa shape index (κ2) is 8.93. The molecule has 7 nitrogen and oxygen atoms in total. The molecule has 0 radical (unpaired) electrons. The third-order valence-electron chi connectivity index (χ3n) is 4.08. The highest BCUT2D eigenvalue weighted by Gasteiger charge is 2.11. The standard InChI is InChI=1S/C20H17ClN6OS/c21-16-5-4-8-18(9-16)26-14-23-25-20(26)29-13-19(28)22-10-15-11-24-27(12-15)17-6-2-1-3-7-17/h1-9,11-12,14H,10,13H2,(H,22,28). The normalized spacial score (nSPS) is 10.8. The molecule has 0 saturated heterocycles. The number of carbonyl (C=O) groups excluding carboxylic acids is 1. The fourth-order valence-corrected chi connectivity index (χ4v) is 3.62. The van der Waals surface area contributed by atoms with Crippen LogP contribution in [-0.4, -0.2) is 36.2 Å². The van der Waals surface area contributed by atoms with Crippen LogP contribution in [0.2, 0.25) is 5.02 Å². The van der Waals surface area contributed by atoms with Crippen LogP contribution in [-0.2, 0) is 11.3 Å². The molecule has 0 bridgehead atoms. The van der Waals surface area contributed by atoms with E-state index >= 15 is 0 Å². The minimum Gasteiger partial charge on any atom is -0.351 e. The average Bonchev–Trinajstić information content (AvgIpc) is 3.41. The fourth-order valence-electron chi connectivity index (χ4n) is 2.68. The summed E-state index contributed by atoms with van der Waals surface area (Å²) in [5.41, 5.74) is 2.74. The maximum absolute atomic E-state index is 12.3. The average molecular weight is 425 g/mol. The van der Waals surface area contributed by atoms with E-state index in [0.717, 1.165) is 16.9 Å². The summed E-state index contributed by atoms with van der Waals surface area (Å²) in [6.45, 7) is 0.410. The molecule has 0 spiro atoms. The predicted molar refractivity (Wildman–Crippen MR) is 113 cm³/mol. The molecule has 1 N–H and O–H groups in total. The predicted octanol–water partition coefficient (Wildman–Crippen LogP) is 3.51. The molecule has 9 heteroatoms. The van der Waals surface area contributed by atoms with E-state index in [2.05, 4.69) is 20.6 Å². The molecule has 29 heavy (non-hydrogen) atoms. The zero-order valence-corrected chi connectivity index (χ0v) is 16.8. The molecule has 1 amide bonds. The lowest BCUT2D eigenvalue weighted by Gasteiger charge is -2.07. The second-order valence-electron chi connectivity index (χ2n) is 6.16.